The van der Waals surface area contributed by atoms with E-state index in [0.29, 0.717) is 0 Å². The van der Waals surface area contributed by atoms with Crippen molar-refractivity contribution in [3.8, 4) is 0 Å². The first-order chi connectivity index (χ1) is 6.97. The third-order valence-corrected chi connectivity index (χ3v) is 2.52. The van der Waals surface area contributed by atoms with Gasteiger partial charge in [0.2, 0.25) is 0 Å². The van der Waals surface area contributed by atoms with Crippen LogP contribution in [0.25, 0.3) is 5.57 Å². The van der Waals surface area contributed by atoms with Crippen molar-refractivity contribution in [1.29, 1.82) is 0 Å². The largest absolute Gasteiger partial charge is 0.152 e. The second-order valence-electron chi connectivity index (χ2n) is 2.70. The lowest BCUT2D eigenvalue weighted by Gasteiger charge is -1.94. The highest BCUT2D eigenvalue weighted by molar-refractivity contribution is 7.08. The molecule has 1 aromatic rings. The van der Waals surface area contributed by atoms with Gasteiger partial charge in [-0.25, -0.2) is 0 Å². The van der Waals surface area contributed by atoms with Gasteiger partial charge >= 0.3 is 0 Å². The summed E-state index contributed by atoms with van der Waals surface area (Å²) < 4.78 is 0. The van der Waals surface area contributed by atoms with Crippen LogP contribution in [0.5, 0.6) is 0 Å². The molecule has 1 heterocycles. The second-order valence-corrected chi connectivity index (χ2v) is 3.48. The average Bonchev–Trinajstić information content (AvgIpc) is 2.64. The molecule has 0 radical (unpaired) electrons. The minimum absolute atomic E-state index is 1.05. The Labute approximate surface area is 90.3 Å². The number of rotatable bonds is 1. The molecule has 0 nitrogen and oxygen atoms in total. The molecule has 0 bridgehead atoms. The van der Waals surface area contributed by atoms with E-state index in [1.807, 2.05) is 13.8 Å². The van der Waals surface area contributed by atoms with Crippen molar-refractivity contribution < 1.29 is 0 Å². The van der Waals surface area contributed by atoms with Crippen molar-refractivity contribution in [3.05, 3.63) is 52.8 Å². The lowest BCUT2D eigenvalue weighted by Crippen LogP contribution is -1.72. The van der Waals surface area contributed by atoms with E-state index >= 15 is 0 Å². The lowest BCUT2D eigenvalue weighted by atomic mass is 10.1. The van der Waals surface area contributed by atoms with E-state index in [2.05, 4.69) is 47.2 Å². The Hall–Kier alpha value is -1.08. The van der Waals surface area contributed by atoms with Crippen LogP contribution in [0.1, 0.15) is 25.8 Å². The van der Waals surface area contributed by atoms with Gasteiger partial charge in [0.05, 0.1) is 0 Å². The van der Waals surface area contributed by atoms with E-state index in [9.17, 15) is 0 Å². The topological polar surface area (TPSA) is 0 Å². The van der Waals surface area contributed by atoms with Crippen LogP contribution in [-0.2, 0) is 0 Å². The van der Waals surface area contributed by atoms with Crippen molar-refractivity contribution in [3.63, 3.8) is 0 Å². The molecule has 0 spiro atoms. The summed E-state index contributed by atoms with van der Waals surface area (Å²) in [5.74, 6) is 0. The first-order valence-electron chi connectivity index (χ1n) is 5.03. The molecule has 1 aliphatic carbocycles. The highest BCUT2D eigenvalue weighted by atomic mass is 32.1. The third-order valence-electron chi connectivity index (χ3n) is 1.84. The Morgan fingerprint density at radius 3 is 2.79 bits per heavy atom. The van der Waals surface area contributed by atoms with Crippen LogP contribution in [0.4, 0.5) is 0 Å². The van der Waals surface area contributed by atoms with Crippen molar-refractivity contribution in [1.82, 2.24) is 0 Å². The Balaban J connectivity index is 0.000000461. The lowest BCUT2D eigenvalue weighted by molar-refractivity contribution is 1.41. The number of thiophene rings is 1. The van der Waals surface area contributed by atoms with Crippen molar-refractivity contribution in [2.24, 2.45) is 0 Å². The van der Waals surface area contributed by atoms with Crippen LogP contribution in [0, 0.1) is 0 Å². The minimum Gasteiger partial charge on any atom is -0.152 e. The summed E-state index contributed by atoms with van der Waals surface area (Å²) in [7, 11) is 0. The zero-order valence-corrected chi connectivity index (χ0v) is 9.55. The summed E-state index contributed by atoms with van der Waals surface area (Å²) in [6, 6.07) is 2.15. The first-order valence-corrected chi connectivity index (χ1v) is 5.97. The van der Waals surface area contributed by atoms with Crippen molar-refractivity contribution >= 4 is 16.9 Å². The Kier molecular flexibility index (Phi) is 5.02. The van der Waals surface area contributed by atoms with Gasteiger partial charge in [-0.1, -0.05) is 44.2 Å². The number of hydrogen-bond acceptors (Lipinski definition) is 1. The molecule has 0 fully saturated rings. The van der Waals surface area contributed by atoms with Gasteiger partial charge in [-0.05, 0) is 34.4 Å². The summed E-state index contributed by atoms with van der Waals surface area (Å²) in [5.41, 5.74) is 2.63. The zero-order chi connectivity index (χ0) is 10.2. The maximum atomic E-state index is 2.19. The molecule has 1 aliphatic rings. The van der Waals surface area contributed by atoms with Gasteiger partial charge in [0.15, 0.2) is 0 Å². The SMILES string of the molecule is C1=CCC=CC(c2ccsc2)=C1.CC. The van der Waals surface area contributed by atoms with E-state index in [1.165, 1.54) is 11.1 Å². The summed E-state index contributed by atoms with van der Waals surface area (Å²) in [6.45, 7) is 4.00. The van der Waals surface area contributed by atoms with Crippen LogP contribution in [0.3, 0.4) is 0 Å². The fraction of sp³-hybridized carbons (Fsp3) is 0.231. The third kappa shape index (κ3) is 3.00. The quantitative estimate of drug-likeness (QED) is 0.623. The molecule has 0 saturated carbocycles. The first kappa shape index (κ1) is 11.0. The van der Waals surface area contributed by atoms with E-state index in [4.69, 9.17) is 0 Å². The average molecular weight is 204 g/mol. The molecule has 1 aromatic heterocycles. The number of allylic oxidation sites excluding steroid dienone is 6. The second kappa shape index (κ2) is 6.39. The molecule has 74 valence electrons. The molecule has 0 saturated heterocycles. The van der Waals surface area contributed by atoms with Crippen LogP contribution >= 0.6 is 11.3 Å². The summed E-state index contributed by atoms with van der Waals surface area (Å²) in [6.07, 6.45) is 11.9. The zero-order valence-electron chi connectivity index (χ0n) is 8.73. The fourth-order valence-corrected chi connectivity index (χ4v) is 1.87. The molecule has 14 heavy (non-hydrogen) atoms. The maximum Gasteiger partial charge on any atom is -0.00147 e. The smallest absolute Gasteiger partial charge is 0.00147 e. The predicted octanol–water partition coefficient (Wildman–Crippen LogP) is 4.67. The van der Waals surface area contributed by atoms with Gasteiger partial charge in [0, 0.05) is 0 Å². The summed E-state index contributed by atoms with van der Waals surface area (Å²) in [4.78, 5) is 0. The molecule has 1 heteroatoms. The monoisotopic (exact) mass is 204 g/mol. The number of hydrogen-bond donors (Lipinski definition) is 0. The van der Waals surface area contributed by atoms with Crippen LogP contribution in [0.15, 0.2) is 47.2 Å². The van der Waals surface area contributed by atoms with E-state index in [0.717, 1.165) is 6.42 Å². The predicted molar refractivity (Wildman–Crippen MR) is 66.5 cm³/mol. The molecular formula is C13H16S. The van der Waals surface area contributed by atoms with Gasteiger partial charge in [-0.2, -0.15) is 11.3 Å². The Bertz CT molecular complexity index is 326. The summed E-state index contributed by atoms with van der Waals surface area (Å²) >= 11 is 1.74. The normalized spacial score (nSPS) is 14.0. The highest BCUT2D eigenvalue weighted by Gasteiger charge is 1.97. The minimum atomic E-state index is 1.05. The van der Waals surface area contributed by atoms with Crippen LogP contribution < -0.4 is 0 Å². The Morgan fingerprint density at radius 1 is 1.21 bits per heavy atom. The standard InChI is InChI=1S/C11H10S.C2H6/c1-2-4-6-10(5-3-1)11-7-8-12-9-11;1-2/h1,3-9H,2H2;1-2H3. The fourth-order valence-electron chi connectivity index (χ4n) is 1.20. The molecule has 0 aromatic carbocycles. The highest BCUT2D eigenvalue weighted by Crippen LogP contribution is 2.20. The molecule has 0 unspecified atom stereocenters. The molecule has 0 N–H and O–H groups in total. The molecule has 0 atom stereocenters. The van der Waals surface area contributed by atoms with E-state index in [-0.39, 0.29) is 0 Å². The molecule has 2 rings (SSSR count). The van der Waals surface area contributed by atoms with Gasteiger partial charge in [-0.3, -0.25) is 0 Å². The van der Waals surface area contributed by atoms with Crippen LogP contribution in [-0.4, -0.2) is 0 Å². The van der Waals surface area contributed by atoms with Gasteiger partial charge in [-0.15, -0.1) is 0 Å². The Morgan fingerprint density at radius 2 is 2.07 bits per heavy atom. The van der Waals surface area contributed by atoms with Crippen molar-refractivity contribution in [2.75, 3.05) is 0 Å². The van der Waals surface area contributed by atoms with Gasteiger partial charge in [0.25, 0.3) is 0 Å². The van der Waals surface area contributed by atoms with E-state index in [1.54, 1.807) is 11.3 Å². The van der Waals surface area contributed by atoms with E-state index < -0.39 is 0 Å². The molecule has 0 amide bonds. The maximum absolute atomic E-state index is 2.19. The van der Waals surface area contributed by atoms with Gasteiger partial charge in [0.1, 0.15) is 0 Å². The molecular weight excluding hydrogens is 188 g/mol. The molecule has 0 aliphatic heterocycles. The van der Waals surface area contributed by atoms with Crippen LogP contribution in [0.2, 0.25) is 0 Å². The van der Waals surface area contributed by atoms with Crippen molar-refractivity contribution in [2.45, 2.75) is 20.3 Å². The summed E-state index contributed by atoms with van der Waals surface area (Å²) in [5, 5.41) is 4.29. The van der Waals surface area contributed by atoms with Gasteiger partial charge < -0.3 is 0 Å².